The van der Waals surface area contributed by atoms with Crippen LogP contribution in [-0.2, 0) is 0 Å². The van der Waals surface area contributed by atoms with Gasteiger partial charge >= 0.3 is 27.3 Å². The monoisotopic (exact) mass is 410 g/mol. The molecule has 1 aromatic rings. The van der Waals surface area contributed by atoms with Gasteiger partial charge in [-0.25, -0.2) is 0 Å². The van der Waals surface area contributed by atoms with Crippen LogP contribution in [0.2, 0.25) is 5.02 Å². The van der Waals surface area contributed by atoms with E-state index in [1.54, 1.807) is 12.1 Å². The Morgan fingerprint density at radius 2 is 2.00 bits per heavy atom. The number of halogens is 2. The molecular weight excluding hydrogens is 408 g/mol. The van der Waals surface area contributed by atoms with Crippen LogP contribution in [-0.4, -0.2) is 27.3 Å². The average Bonchev–Trinajstić information content (AvgIpc) is 1.80. The van der Waals surface area contributed by atoms with Gasteiger partial charge in [0.25, 0.3) is 0 Å². The van der Waals surface area contributed by atoms with Gasteiger partial charge in [0.1, 0.15) is 0 Å². The molecule has 1 rings (SSSR count). The summed E-state index contributed by atoms with van der Waals surface area (Å²) in [7, 11) is 0. The molecule has 50 valence electrons. The first-order valence-electron chi connectivity index (χ1n) is 2.32. The number of rotatable bonds is 0. The molecule has 0 atom stereocenters. The summed E-state index contributed by atoms with van der Waals surface area (Å²) in [4.78, 5) is 0. The van der Waals surface area contributed by atoms with Gasteiger partial charge in [-0.3, -0.25) is 0 Å². The molecule has 10 heavy (non-hydrogen) atoms. The van der Waals surface area contributed by atoms with Crippen LogP contribution in [0.4, 0.5) is 0 Å². The minimum absolute atomic E-state index is 0. The van der Waals surface area contributed by atoms with Crippen molar-refractivity contribution in [2.75, 3.05) is 0 Å². The van der Waals surface area contributed by atoms with Crippen molar-refractivity contribution in [1.82, 2.24) is 0 Å². The molecular formula is C6H3BrClOTl. The van der Waals surface area contributed by atoms with Gasteiger partial charge in [-0.2, -0.15) is 0 Å². The summed E-state index contributed by atoms with van der Waals surface area (Å²) in [5.74, 6) is -0.0422. The van der Waals surface area contributed by atoms with Crippen LogP contribution in [0, 0.1) is 0 Å². The Balaban J connectivity index is 0.000000810. The van der Waals surface area contributed by atoms with Crippen LogP contribution in [0.5, 0.6) is 5.75 Å². The van der Waals surface area contributed by atoms with Crippen molar-refractivity contribution < 1.29 is 5.11 Å². The van der Waals surface area contributed by atoms with Crippen molar-refractivity contribution in [3.63, 3.8) is 0 Å². The van der Waals surface area contributed by atoms with E-state index in [1.807, 2.05) is 0 Å². The van der Waals surface area contributed by atoms with E-state index in [0.717, 1.165) is 0 Å². The fraction of sp³-hybridized carbons (Fsp3) is 0. The zero-order valence-corrected chi connectivity index (χ0v) is 11.8. The Kier molecular flexibility index (Phi) is 4.89. The largest absolute Gasteiger partial charge is 1.00 e. The molecule has 0 aliphatic carbocycles. The molecule has 0 saturated carbocycles. The normalized spacial score (nSPS) is 8.60. The van der Waals surface area contributed by atoms with E-state index < -0.39 is 0 Å². The summed E-state index contributed by atoms with van der Waals surface area (Å²) in [5.41, 5.74) is 0. The molecule has 0 heterocycles. The molecule has 4 heteroatoms. The first-order valence-corrected chi connectivity index (χ1v) is 3.49. The summed E-state index contributed by atoms with van der Waals surface area (Å²) < 4.78 is 0.509. The SMILES string of the molecule is [O-]c1ccc(Cl)cc1Br.[Tl+]. The Hall–Kier alpha value is 0.712. The molecule has 0 aliphatic rings. The third kappa shape index (κ3) is 2.76. The molecule has 0 fully saturated rings. The number of hydrogen-bond acceptors (Lipinski definition) is 1. The molecule has 0 N–H and O–H groups in total. The molecule has 0 aromatic heterocycles. The minimum Gasteiger partial charge on any atom is -0.872 e. The second-order valence-corrected chi connectivity index (χ2v) is 2.87. The quantitative estimate of drug-likeness (QED) is 0.598. The predicted octanol–water partition coefficient (Wildman–Crippen LogP) is 1.80. The first kappa shape index (κ1) is 10.7. The standard InChI is InChI=1S/C6H4BrClO.Tl/c7-5-3-4(8)1-2-6(5)9;/h1-3,9H;/q;+1/p-1. The molecule has 0 amide bonds. The summed E-state index contributed by atoms with van der Waals surface area (Å²) in [6, 6.07) is 4.56. The zero-order valence-electron chi connectivity index (χ0n) is 4.97. The van der Waals surface area contributed by atoms with Crippen molar-refractivity contribution in [3.8, 4) is 5.75 Å². The van der Waals surface area contributed by atoms with Crippen LogP contribution in [0.25, 0.3) is 0 Å². The van der Waals surface area contributed by atoms with Gasteiger partial charge in [0.2, 0.25) is 0 Å². The van der Waals surface area contributed by atoms with Crippen molar-refractivity contribution >= 4 is 54.8 Å². The molecule has 0 spiro atoms. The van der Waals surface area contributed by atoms with Crippen LogP contribution >= 0.6 is 27.5 Å². The Bertz CT molecular complexity index is 229. The van der Waals surface area contributed by atoms with Crippen LogP contribution in [0.3, 0.4) is 0 Å². The van der Waals surface area contributed by atoms with Crippen LogP contribution in [0.1, 0.15) is 0 Å². The summed E-state index contributed by atoms with van der Waals surface area (Å²) in [6.45, 7) is 0. The van der Waals surface area contributed by atoms with Crippen LogP contribution < -0.4 is 5.11 Å². The summed E-state index contributed by atoms with van der Waals surface area (Å²) in [6.07, 6.45) is 0. The van der Waals surface area contributed by atoms with Gasteiger partial charge in [0, 0.05) is 9.50 Å². The van der Waals surface area contributed by atoms with E-state index in [-0.39, 0.29) is 33.0 Å². The fourth-order valence-corrected chi connectivity index (χ4v) is 1.16. The second kappa shape index (κ2) is 4.56. The summed E-state index contributed by atoms with van der Waals surface area (Å²) in [5, 5.41) is 11.2. The molecule has 0 bridgehead atoms. The molecule has 1 aromatic carbocycles. The first-order chi connectivity index (χ1) is 4.20. The Labute approximate surface area is 92.7 Å². The van der Waals surface area contributed by atoms with Gasteiger partial charge in [-0.1, -0.05) is 39.3 Å². The van der Waals surface area contributed by atoms with Crippen LogP contribution in [0.15, 0.2) is 22.7 Å². The number of hydrogen-bond donors (Lipinski definition) is 0. The maximum absolute atomic E-state index is 10.7. The van der Waals surface area contributed by atoms with Crippen molar-refractivity contribution in [1.29, 1.82) is 0 Å². The molecule has 0 aliphatic heterocycles. The van der Waals surface area contributed by atoms with Gasteiger partial charge in [-0.05, 0) is 12.1 Å². The molecule has 1 nitrogen and oxygen atoms in total. The van der Waals surface area contributed by atoms with E-state index in [1.165, 1.54) is 6.07 Å². The van der Waals surface area contributed by atoms with Crippen molar-refractivity contribution in [3.05, 3.63) is 27.7 Å². The van der Waals surface area contributed by atoms with Gasteiger partial charge in [-0.15, -0.1) is 0 Å². The maximum Gasteiger partial charge on any atom is 1.00 e. The van der Waals surface area contributed by atoms with E-state index in [0.29, 0.717) is 9.50 Å². The van der Waals surface area contributed by atoms with Crippen molar-refractivity contribution in [2.45, 2.75) is 0 Å². The average molecular weight is 411 g/mol. The Morgan fingerprint density at radius 1 is 1.40 bits per heavy atom. The predicted molar refractivity (Wildman–Crippen MR) is 44.4 cm³/mol. The molecule has 0 radical (unpaired) electrons. The third-order valence-electron chi connectivity index (χ3n) is 0.894. The van der Waals surface area contributed by atoms with E-state index >= 15 is 0 Å². The molecule has 0 saturated heterocycles. The third-order valence-corrected chi connectivity index (χ3v) is 1.75. The minimum atomic E-state index is -0.0422. The second-order valence-electron chi connectivity index (χ2n) is 1.57. The smallest absolute Gasteiger partial charge is 0.872 e. The van der Waals surface area contributed by atoms with Gasteiger partial charge in [0.05, 0.1) is 0 Å². The van der Waals surface area contributed by atoms with Crippen molar-refractivity contribution in [2.24, 2.45) is 0 Å². The van der Waals surface area contributed by atoms with E-state index in [4.69, 9.17) is 11.6 Å². The Morgan fingerprint density at radius 3 is 2.40 bits per heavy atom. The topological polar surface area (TPSA) is 23.1 Å². The van der Waals surface area contributed by atoms with Gasteiger partial charge < -0.3 is 5.11 Å². The van der Waals surface area contributed by atoms with E-state index in [9.17, 15) is 5.11 Å². The molecule has 0 unspecified atom stereocenters. The maximum atomic E-state index is 10.7. The zero-order chi connectivity index (χ0) is 6.85. The fourth-order valence-electron chi connectivity index (χ4n) is 0.475. The summed E-state index contributed by atoms with van der Waals surface area (Å²) >= 11 is 8.60. The van der Waals surface area contributed by atoms with Gasteiger partial charge in [0.15, 0.2) is 0 Å². The van der Waals surface area contributed by atoms with E-state index in [2.05, 4.69) is 15.9 Å². The number of benzene rings is 1.